The van der Waals surface area contributed by atoms with Crippen LogP contribution in [0.4, 0.5) is 5.69 Å². The number of aromatic nitrogens is 2. The zero-order valence-corrected chi connectivity index (χ0v) is 18.0. The van der Waals surface area contributed by atoms with Crippen molar-refractivity contribution in [2.75, 3.05) is 5.32 Å². The molecule has 0 radical (unpaired) electrons. The van der Waals surface area contributed by atoms with Gasteiger partial charge in [-0.1, -0.05) is 83.9 Å². The molecule has 0 bridgehead atoms. The predicted molar refractivity (Wildman–Crippen MR) is 123 cm³/mol. The van der Waals surface area contributed by atoms with Crippen LogP contribution in [0.3, 0.4) is 0 Å². The number of benzene rings is 3. The number of nitrogens with one attached hydrogen (secondary N) is 1. The van der Waals surface area contributed by atoms with Crippen LogP contribution in [0.5, 0.6) is 5.88 Å². The molecule has 1 N–H and O–H groups in total. The Morgan fingerprint density at radius 2 is 1.61 bits per heavy atom. The summed E-state index contributed by atoms with van der Waals surface area (Å²) in [6.45, 7) is 0.808. The molecule has 5 nitrogen and oxygen atoms in total. The molecule has 7 heteroatoms. The Kier molecular flexibility index (Phi) is 6.55. The van der Waals surface area contributed by atoms with Crippen LogP contribution in [-0.4, -0.2) is 15.7 Å². The topological polar surface area (TPSA) is 56.2 Å². The quantitative estimate of drug-likeness (QED) is 0.370. The summed E-state index contributed by atoms with van der Waals surface area (Å²) in [5.41, 5.74) is 2.82. The fourth-order valence-electron chi connectivity index (χ4n) is 3.02. The van der Waals surface area contributed by atoms with Crippen LogP contribution in [0, 0.1) is 0 Å². The predicted octanol–water partition coefficient (Wildman–Crippen LogP) is 6.07. The maximum absolute atomic E-state index is 13.0. The number of hydrogen-bond acceptors (Lipinski definition) is 3. The van der Waals surface area contributed by atoms with Crippen LogP contribution in [0.1, 0.15) is 21.5 Å². The van der Waals surface area contributed by atoms with Gasteiger partial charge in [0.25, 0.3) is 5.91 Å². The molecule has 1 heterocycles. The van der Waals surface area contributed by atoms with Gasteiger partial charge >= 0.3 is 0 Å². The molecule has 0 atom stereocenters. The van der Waals surface area contributed by atoms with Crippen molar-refractivity contribution >= 4 is 34.8 Å². The van der Waals surface area contributed by atoms with E-state index in [0.29, 0.717) is 34.4 Å². The van der Waals surface area contributed by atoms with E-state index in [-0.39, 0.29) is 11.8 Å². The lowest BCUT2D eigenvalue weighted by Gasteiger charge is -2.08. The van der Waals surface area contributed by atoms with E-state index in [1.807, 2.05) is 60.7 Å². The Morgan fingerprint density at radius 1 is 0.935 bits per heavy atom. The molecule has 3 aromatic carbocycles. The van der Waals surface area contributed by atoms with Crippen molar-refractivity contribution in [3.05, 3.63) is 112 Å². The number of carbonyl (C=O) groups excluding carboxylic acids is 1. The second-order valence-corrected chi connectivity index (χ2v) is 7.73. The first-order valence-corrected chi connectivity index (χ1v) is 10.4. The Bertz CT molecular complexity index is 1180. The summed E-state index contributed by atoms with van der Waals surface area (Å²) in [5, 5.41) is 8.15. The molecule has 31 heavy (non-hydrogen) atoms. The van der Waals surface area contributed by atoms with Gasteiger partial charge in [-0.3, -0.25) is 9.48 Å². The van der Waals surface area contributed by atoms with Crippen LogP contribution in [0.25, 0.3) is 0 Å². The summed E-state index contributed by atoms with van der Waals surface area (Å²) < 4.78 is 7.59. The lowest BCUT2D eigenvalue weighted by molar-refractivity contribution is 0.102. The lowest BCUT2D eigenvalue weighted by Crippen LogP contribution is -2.13. The molecule has 0 spiro atoms. The van der Waals surface area contributed by atoms with Crippen LogP contribution >= 0.6 is 23.2 Å². The number of carbonyl (C=O) groups is 1. The Morgan fingerprint density at radius 3 is 2.29 bits per heavy atom. The van der Waals surface area contributed by atoms with Gasteiger partial charge in [0.1, 0.15) is 12.2 Å². The van der Waals surface area contributed by atoms with Gasteiger partial charge in [-0.15, -0.1) is 5.10 Å². The number of amides is 1. The van der Waals surface area contributed by atoms with Crippen molar-refractivity contribution in [3.63, 3.8) is 0 Å². The van der Waals surface area contributed by atoms with Crippen molar-refractivity contribution < 1.29 is 9.53 Å². The number of anilines is 1. The number of halogens is 2. The van der Waals surface area contributed by atoms with Gasteiger partial charge in [-0.25, -0.2) is 0 Å². The first kappa shape index (κ1) is 21.0. The van der Waals surface area contributed by atoms with Crippen molar-refractivity contribution in [1.82, 2.24) is 9.78 Å². The Labute approximate surface area is 190 Å². The minimum atomic E-state index is -0.369. The van der Waals surface area contributed by atoms with Gasteiger partial charge in [-0.05, 0) is 29.3 Å². The molecular weight excluding hydrogens is 433 g/mol. The summed E-state index contributed by atoms with van der Waals surface area (Å²) in [6, 6.07) is 24.5. The first-order chi connectivity index (χ1) is 15.1. The molecule has 4 rings (SSSR count). The summed E-state index contributed by atoms with van der Waals surface area (Å²) in [4.78, 5) is 13.0. The molecule has 1 amide bonds. The molecule has 4 aromatic rings. The maximum atomic E-state index is 13.0. The molecule has 0 saturated heterocycles. The van der Waals surface area contributed by atoms with Crippen molar-refractivity contribution in [2.24, 2.45) is 0 Å². The van der Waals surface area contributed by atoms with E-state index in [9.17, 15) is 4.79 Å². The van der Waals surface area contributed by atoms with E-state index in [4.69, 9.17) is 27.9 Å². The molecule has 1 aromatic heterocycles. The van der Waals surface area contributed by atoms with Crippen molar-refractivity contribution in [1.29, 1.82) is 0 Å². The Balaban J connectivity index is 1.59. The van der Waals surface area contributed by atoms with E-state index in [2.05, 4.69) is 10.4 Å². The SMILES string of the molecule is O=C(Nc1ccc(Cl)cc1Cl)c1cn(Cc2ccccc2)nc1OCc1ccccc1. The first-order valence-electron chi connectivity index (χ1n) is 9.63. The lowest BCUT2D eigenvalue weighted by atomic mass is 10.2. The number of rotatable bonds is 7. The fraction of sp³-hybridized carbons (Fsp3) is 0.0833. The average molecular weight is 452 g/mol. The normalized spacial score (nSPS) is 10.6. The maximum Gasteiger partial charge on any atom is 0.262 e. The highest BCUT2D eigenvalue weighted by atomic mass is 35.5. The molecule has 0 aliphatic heterocycles. The van der Waals surface area contributed by atoms with Gasteiger partial charge in [-0.2, -0.15) is 0 Å². The average Bonchev–Trinajstić information content (AvgIpc) is 3.18. The van der Waals surface area contributed by atoms with E-state index >= 15 is 0 Å². The standard InChI is InChI=1S/C24H19Cl2N3O2/c25-19-11-12-22(21(26)13-19)27-23(30)20-15-29(14-17-7-3-1-4-8-17)28-24(20)31-16-18-9-5-2-6-10-18/h1-13,15H,14,16H2,(H,27,30). The summed E-state index contributed by atoms with van der Waals surface area (Å²) >= 11 is 12.1. The molecular formula is C24H19Cl2N3O2. The third-order valence-electron chi connectivity index (χ3n) is 4.56. The number of hydrogen-bond donors (Lipinski definition) is 1. The number of nitrogens with zero attached hydrogens (tertiary/aromatic N) is 2. The van der Waals surface area contributed by atoms with Crippen LogP contribution in [-0.2, 0) is 13.2 Å². The second-order valence-electron chi connectivity index (χ2n) is 6.88. The van der Waals surface area contributed by atoms with Crippen LogP contribution < -0.4 is 10.1 Å². The monoisotopic (exact) mass is 451 g/mol. The van der Waals surface area contributed by atoms with Crippen molar-refractivity contribution in [2.45, 2.75) is 13.2 Å². The molecule has 0 aliphatic rings. The van der Waals surface area contributed by atoms with Gasteiger partial charge in [0, 0.05) is 11.2 Å². The van der Waals surface area contributed by atoms with E-state index in [0.717, 1.165) is 11.1 Å². The minimum absolute atomic E-state index is 0.252. The summed E-state index contributed by atoms with van der Waals surface area (Å²) in [5.74, 6) is -0.117. The fourth-order valence-corrected chi connectivity index (χ4v) is 3.48. The highest BCUT2D eigenvalue weighted by molar-refractivity contribution is 6.36. The van der Waals surface area contributed by atoms with E-state index in [1.54, 1.807) is 29.1 Å². The number of ether oxygens (including phenoxy) is 1. The highest BCUT2D eigenvalue weighted by Crippen LogP contribution is 2.27. The summed E-state index contributed by atoms with van der Waals surface area (Å²) in [6.07, 6.45) is 1.67. The molecule has 0 unspecified atom stereocenters. The van der Waals surface area contributed by atoms with Gasteiger partial charge < -0.3 is 10.1 Å². The van der Waals surface area contributed by atoms with Crippen LogP contribution in [0.15, 0.2) is 85.1 Å². The zero-order chi connectivity index (χ0) is 21.6. The molecule has 0 aliphatic carbocycles. The smallest absolute Gasteiger partial charge is 0.262 e. The van der Waals surface area contributed by atoms with Gasteiger partial charge in [0.05, 0.1) is 17.3 Å². The summed E-state index contributed by atoms with van der Waals surface area (Å²) in [7, 11) is 0. The second kappa shape index (κ2) is 9.69. The molecule has 0 saturated carbocycles. The molecule has 156 valence electrons. The Hall–Kier alpha value is -3.28. The third-order valence-corrected chi connectivity index (χ3v) is 5.11. The van der Waals surface area contributed by atoms with Crippen LogP contribution in [0.2, 0.25) is 10.0 Å². The van der Waals surface area contributed by atoms with E-state index < -0.39 is 0 Å². The van der Waals surface area contributed by atoms with E-state index in [1.165, 1.54) is 0 Å². The zero-order valence-electron chi connectivity index (χ0n) is 16.5. The van der Waals surface area contributed by atoms with Gasteiger partial charge in [0.15, 0.2) is 0 Å². The van der Waals surface area contributed by atoms with Gasteiger partial charge in [0.2, 0.25) is 5.88 Å². The largest absolute Gasteiger partial charge is 0.471 e. The highest BCUT2D eigenvalue weighted by Gasteiger charge is 2.19. The third kappa shape index (κ3) is 5.45. The van der Waals surface area contributed by atoms with Crippen molar-refractivity contribution in [3.8, 4) is 5.88 Å². The molecule has 0 fully saturated rings. The minimum Gasteiger partial charge on any atom is -0.471 e.